The fourth-order valence-corrected chi connectivity index (χ4v) is 2.67. The average molecular weight is 284 g/mol. The minimum absolute atomic E-state index is 0.222. The average Bonchev–Trinajstić information content (AvgIpc) is 3.03. The summed E-state index contributed by atoms with van der Waals surface area (Å²) < 4.78 is 4.05. The fraction of sp³-hybridized carbons (Fsp3) is 0.400. The summed E-state index contributed by atoms with van der Waals surface area (Å²) in [5.74, 6) is 1.05. The highest BCUT2D eigenvalue weighted by atomic mass is 15.4. The number of aromatic nitrogens is 5. The third-order valence-electron chi connectivity index (χ3n) is 3.82. The van der Waals surface area contributed by atoms with Crippen molar-refractivity contribution in [3.8, 4) is 0 Å². The van der Waals surface area contributed by atoms with Gasteiger partial charge < -0.3 is 9.88 Å². The van der Waals surface area contributed by atoms with Crippen LogP contribution in [0.15, 0.2) is 30.5 Å². The lowest BCUT2D eigenvalue weighted by molar-refractivity contribution is 0.502. The lowest BCUT2D eigenvalue weighted by Crippen LogP contribution is -2.25. The van der Waals surface area contributed by atoms with Crippen molar-refractivity contribution in [3.05, 3.63) is 42.0 Å². The van der Waals surface area contributed by atoms with Crippen molar-refractivity contribution in [2.24, 2.45) is 7.05 Å². The van der Waals surface area contributed by atoms with E-state index in [1.165, 1.54) is 5.52 Å². The van der Waals surface area contributed by atoms with Crippen LogP contribution in [0.4, 0.5) is 0 Å². The molecule has 0 spiro atoms. The molecule has 0 saturated heterocycles. The summed E-state index contributed by atoms with van der Waals surface area (Å²) >= 11 is 0. The van der Waals surface area contributed by atoms with Crippen LogP contribution in [0.1, 0.15) is 24.5 Å². The van der Waals surface area contributed by atoms with E-state index in [2.05, 4.69) is 57.2 Å². The van der Waals surface area contributed by atoms with E-state index in [0.717, 1.165) is 30.1 Å². The van der Waals surface area contributed by atoms with Gasteiger partial charge in [0, 0.05) is 26.2 Å². The van der Waals surface area contributed by atoms with Crippen molar-refractivity contribution in [2.75, 3.05) is 6.54 Å². The third kappa shape index (κ3) is 2.67. The molecule has 110 valence electrons. The van der Waals surface area contributed by atoms with Crippen molar-refractivity contribution < 1.29 is 0 Å². The van der Waals surface area contributed by atoms with Crippen LogP contribution in [0, 0.1) is 6.92 Å². The molecule has 0 saturated carbocycles. The Morgan fingerprint density at radius 1 is 1.29 bits per heavy atom. The topological polar surface area (TPSA) is 60.6 Å². The maximum Gasteiger partial charge on any atom is 0.106 e. The van der Waals surface area contributed by atoms with Crippen molar-refractivity contribution >= 4 is 11.0 Å². The first kappa shape index (κ1) is 13.8. The number of rotatable bonds is 5. The van der Waals surface area contributed by atoms with Crippen LogP contribution in [-0.4, -0.2) is 31.1 Å². The standard InChI is InChI=1S/C15H20N6/c1-11(15-10-17-19-20(15)3)16-8-9-21-12(2)18-13-6-4-5-7-14(13)21/h4-7,10-11,16H,8-9H2,1-3H3. The van der Waals surface area contributed by atoms with Gasteiger partial charge >= 0.3 is 0 Å². The molecule has 0 aliphatic carbocycles. The first-order valence-electron chi connectivity index (χ1n) is 7.16. The number of fused-ring (bicyclic) bond motifs is 1. The molecule has 1 atom stereocenters. The molecule has 6 heteroatoms. The minimum Gasteiger partial charge on any atom is -0.327 e. The van der Waals surface area contributed by atoms with Gasteiger partial charge in [-0.2, -0.15) is 0 Å². The summed E-state index contributed by atoms with van der Waals surface area (Å²) in [5, 5.41) is 11.4. The SMILES string of the molecule is Cc1nc2ccccc2n1CCNC(C)c1cnnn1C. The van der Waals surface area contributed by atoms with Crippen LogP contribution < -0.4 is 5.32 Å². The Morgan fingerprint density at radius 3 is 2.86 bits per heavy atom. The Hall–Kier alpha value is -2.21. The van der Waals surface area contributed by atoms with Gasteiger partial charge in [0.1, 0.15) is 5.82 Å². The van der Waals surface area contributed by atoms with E-state index in [4.69, 9.17) is 0 Å². The number of nitrogens with zero attached hydrogens (tertiary/aromatic N) is 5. The van der Waals surface area contributed by atoms with Gasteiger partial charge in [-0.05, 0) is 26.0 Å². The first-order valence-corrected chi connectivity index (χ1v) is 7.16. The van der Waals surface area contributed by atoms with Crippen LogP contribution in [0.25, 0.3) is 11.0 Å². The molecule has 1 unspecified atom stereocenters. The Labute approximate surface area is 123 Å². The van der Waals surface area contributed by atoms with Gasteiger partial charge in [0.05, 0.1) is 22.9 Å². The molecule has 3 rings (SSSR count). The van der Waals surface area contributed by atoms with E-state index in [-0.39, 0.29) is 6.04 Å². The highest BCUT2D eigenvalue weighted by molar-refractivity contribution is 5.75. The largest absolute Gasteiger partial charge is 0.327 e. The second-order valence-corrected chi connectivity index (χ2v) is 5.26. The number of aryl methyl sites for hydroxylation is 2. The molecule has 0 aliphatic rings. The Kier molecular flexibility index (Phi) is 3.70. The van der Waals surface area contributed by atoms with Crippen LogP contribution in [-0.2, 0) is 13.6 Å². The molecule has 0 fully saturated rings. The summed E-state index contributed by atoms with van der Waals surface area (Å²) in [6.45, 7) is 5.93. The lowest BCUT2D eigenvalue weighted by Gasteiger charge is -2.14. The van der Waals surface area contributed by atoms with E-state index in [9.17, 15) is 0 Å². The smallest absolute Gasteiger partial charge is 0.106 e. The molecule has 1 N–H and O–H groups in total. The summed E-state index contributed by atoms with van der Waals surface area (Å²) in [5.41, 5.74) is 3.33. The van der Waals surface area contributed by atoms with Gasteiger partial charge in [-0.3, -0.25) is 4.68 Å². The maximum atomic E-state index is 4.59. The molecule has 0 bridgehead atoms. The molecule has 6 nitrogen and oxygen atoms in total. The lowest BCUT2D eigenvalue weighted by atomic mass is 10.2. The molecule has 2 aromatic heterocycles. The number of benzene rings is 1. The van der Waals surface area contributed by atoms with E-state index in [0.29, 0.717) is 0 Å². The normalized spacial score (nSPS) is 12.9. The van der Waals surface area contributed by atoms with Crippen molar-refractivity contribution in [3.63, 3.8) is 0 Å². The second kappa shape index (κ2) is 5.65. The third-order valence-corrected chi connectivity index (χ3v) is 3.82. The minimum atomic E-state index is 0.222. The van der Waals surface area contributed by atoms with Gasteiger partial charge in [0.25, 0.3) is 0 Å². The summed E-state index contributed by atoms with van der Waals surface area (Å²) in [6, 6.07) is 8.46. The zero-order chi connectivity index (χ0) is 14.8. The maximum absolute atomic E-state index is 4.59. The van der Waals surface area contributed by atoms with Crippen LogP contribution in [0.3, 0.4) is 0 Å². The van der Waals surface area contributed by atoms with Gasteiger partial charge in [-0.15, -0.1) is 5.10 Å². The molecule has 2 heterocycles. The van der Waals surface area contributed by atoms with E-state index in [1.807, 2.05) is 13.1 Å². The Balaban J connectivity index is 1.67. The number of nitrogens with one attached hydrogen (secondary N) is 1. The number of hydrogen-bond acceptors (Lipinski definition) is 4. The first-order chi connectivity index (χ1) is 10.2. The van der Waals surface area contributed by atoms with Gasteiger partial charge in [0.2, 0.25) is 0 Å². The highest BCUT2D eigenvalue weighted by Crippen LogP contribution is 2.15. The van der Waals surface area contributed by atoms with E-state index >= 15 is 0 Å². The Bertz CT molecular complexity index is 742. The van der Waals surface area contributed by atoms with Crippen LogP contribution in [0.2, 0.25) is 0 Å². The van der Waals surface area contributed by atoms with Crippen LogP contribution in [0.5, 0.6) is 0 Å². The van der Waals surface area contributed by atoms with Crippen LogP contribution >= 0.6 is 0 Å². The molecule has 0 aliphatic heterocycles. The summed E-state index contributed by atoms with van der Waals surface area (Å²) in [4.78, 5) is 4.59. The number of hydrogen-bond donors (Lipinski definition) is 1. The van der Waals surface area contributed by atoms with Gasteiger partial charge in [0.15, 0.2) is 0 Å². The molecule has 0 amide bonds. The second-order valence-electron chi connectivity index (χ2n) is 5.26. The van der Waals surface area contributed by atoms with Crippen molar-refractivity contribution in [1.29, 1.82) is 0 Å². The summed E-state index contributed by atoms with van der Waals surface area (Å²) in [7, 11) is 1.91. The molecule has 3 aromatic rings. The van der Waals surface area contributed by atoms with E-state index < -0.39 is 0 Å². The quantitative estimate of drug-likeness (QED) is 0.776. The molecule has 0 radical (unpaired) electrons. The molecular weight excluding hydrogens is 264 g/mol. The Morgan fingerprint density at radius 2 is 2.10 bits per heavy atom. The van der Waals surface area contributed by atoms with Gasteiger partial charge in [-0.1, -0.05) is 17.3 Å². The highest BCUT2D eigenvalue weighted by Gasteiger charge is 2.10. The molecule has 1 aromatic carbocycles. The number of imidazole rings is 1. The number of para-hydroxylation sites is 2. The van der Waals surface area contributed by atoms with Gasteiger partial charge in [-0.25, -0.2) is 4.98 Å². The zero-order valence-corrected chi connectivity index (χ0v) is 12.6. The summed E-state index contributed by atoms with van der Waals surface area (Å²) in [6.07, 6.45) is 1.80. The predicted molar refractivity (Wildman–Crippen MR) is 81.9 cm³/mol. The molecular formula is C15H20N6. The predicted octanol–water partition coefficient (Wildman–Crippen LogP) is 1.82. The zero-order valence-electron chi connectivity index (χ0n) is 12.6. The monoisotopic (exact) mass is 284 g/mol. The van der Waals surface area contributed by atoms with Crippen molar-refractivity contribution in [1.82, 2.24) is 29.9 Å². The van der Waals surface area contributed by atoms with E-state index in [1.54, 1.807) is 10.9 Å². The molecule has 21 heavy (non-hydrogen) atoms. The van der Waals surface area contributed by atoms with Crippen molar-refractivity contribution in [2.45, 2.75) is 26.4 Å². The fourth-order valence-electron chi connectivity index (χ4n) is 2.67.